The molecule has 0 unspecified atom stereocenters. The molecule has 0 aliphatic carbocycles. The first-order valence-electron chi connectivity index (χ1n) is 41.2. The number of alkyl halides is 9. The van der Waals surface area contributed by atoms with E-state index in [1.54, 1.807) is 78.1 Å². The van der Waals surface area contributed by atoms with Crippen molar-refractivity contribution < 1.29 is 167 Å². The van der Waals surface area contributed by atoms with Crippen LogP contribution in [0.15, 0.2) is 175 Å². The zero-order chi connectivity index (χ0) is 108. The SMILES string of the molecule is CC(C)(CC(=O)C(F)(F)F)c1ccc(F)cc1Br.CC(C)(CC(=O)C(F)(F)F)c1ccc(F)cc1C(=O)O.CC(C)(CC(=O)O)c1ccc(F)cc1Br.CC(C)=C1C(=O)OC(C)(C)OC1=O.CC(C)=C1C(=O)OC(C)(C)OC1=O.CC1(C)OC(=O)CC(=O)O1.COc1ccc([C@H](C)N)cc1.COc1ccc([C@H](C)NC(=O)c2cc(F)ccc2C(C)(C)CC(=O)C(F)(F)F)cc1.Fc1ccc(I)c(Br)c1. The van der Waals surface area contributed by atoms with E-state index in [4.69, 9.17) is 44.4 Å². The van der Waals surface area contributed by atoms with Gasteiger partial charge in [0.2, 0.25) is 17.3 Å². The zero-order valence-electron chi connectivity index (χ0n) is 79.4. The van der Waals surface area contributed by atoms with Gasteiger partial charge in [-0.3, -0.25) is 33.6 Å². The lowest BCUT2D eigenvalue weighted by molar-refractivity contribution is -0.232. The van der Waals surface area contributed by atoms with Gasteiger partial charge in [0.25, 0.3) is 23.3 Å². The summed E-state index contributed by atoms with van der Waals surface area (Å²) in [5.74, 6) is -16.6. The van der Waals surface area contributed by atoms with Crippen molar-refractivity contribution in [1.82, 2.24) is 5.32 Å². The van der Waals surface area contributed by atoms with Crippen LogP contribution in [-0.2, 0) is 98.0 Å². The Morgan fingerprint density at radius 1 is 0.417 bits per heavy atom. The minimum absolute atomic E-state index is 0.000625. The molecule has 3 heterocycles. The maximum atomic E-state index is 13.9. The molecule has 3 aliphatic rings. The predicted molar refractivity (Wildman–Crippen MR) is 501 cm³/mol. The molecule has 7 aromatic carbocycles. The van der Waals surface area contributed by atoms with Gasteiger partial charge in [-0.2, -0.15) is 39.5 Å². The monoisotopic (exact) mass is 2280 g/mol. The smallest absolute Gasteiger partial charge is 0.450 e. The molecule has 762 valence electrons. The summed E-state index contributed by atoms with van der Waals surface area (Å²) in [7, 11) is 3.18. The van der Waals surface area contributed by atoms with Crippen molar-refractivity contribution in [2.75, 3.05) is 14.2 Å². The maximum absolute atomic E-state index is 13.9. The number of carbonyl (C=O) groups is 12. The number of aromatic carboxylic acids is 1. The Bertz CT molecular complexity index is 5520. The minimum atomic E-state index is -4.99. The lowest BCUT2D eigenvalue weighted by atomic mass is 9.77. The number of Topliss-reactive ketones (excluding diaryl/α,β-unsaturated/α-hetero) is 3. The topological polar surface area (TPSA) is 357 Å². The van der Waals surface area contributed by atoms with Gasteiger partial charge in [-0.05, 0) is 221 Å². The third-order valence-electron chi connectivity index (χ3n) is 19.2. The number of amides is 1. The number of esters is 6. The van der Waals surface area contributed by atoms with Crippen molar-refractivity contribution in [3.63, 3.8) is 0 Å². The van der Waals surface area contributed by atoms with Gasteiger partial charge in [-0.15, -0.1) is 0 Å². The van der Waals surface area contributed by atoms with Gasteiger partial charge < -0.3 is 59.2 Å². The third-order valence-corrected chi connectivity index (χ3v) is 22.9. The van der Waals surface area contributed by atoms with E-state index in [2.05, 4.69) is 85.2 Å². The van der Waals surface area contributed by atoms with Crippen LogP contribution in [0.5, 0.6) is 11.5 Å². The largest absolute Gasteiger partial charge is 0.497 e. The van der Waals surface area contributed by atoms with Gasteiger partial charge in [-0.25, -0.2) is 45.9 Å². The molecule has 3 fully saturated rings. The number of nitrogens with one attached hydrogen (secondary N) is 1. The molecule has 0 bridgehead atoms. The number of hydrogen-bond donors (Lipinski definition) is 4. The molecule has 42 heteroatoms. The van der Waals surface area contributed by atoms with E-state index in [-0.39, 0.29) is 58.4 Å². The Morgan fingerprint density at radius 2 is 0.691 bits per heavy atom. The van der Waals surface area contributed by atoms with Crippen LogP contribution in [0.1, 0.15) is 237 Å². The Kier molecular flexibility index (Phi) is 46.4. The second-order valence-electron chi connectivity index (χ2n) is 35.1. The molecule has 3 saturated heterocycles. The van der Waals surface area contributed by atoms with E-state index >= 15 is 0 Å². The number of hydrogen-bond acceptors (Lipinski definition) is 21. The van der Waals surface area contributed by atoms with E-state index in [1.807, 2.05) is 45.0 Å². The average molecular weight is 2280 g/mol. The van der Waals surface area contributed by atoms with Crippen LogP contribution >= 0.6 is 70.4 Å². The molecular formula is C97H106Br3F14IN2O22. The Balaban J connectivity index is 0.000000542. The first-order valence-corrected chi connectivity index (χ1v) is 44.7. The van der Waals surface area contributed by atoms with Crippen molar-refractivity contribution in [2.45, 2.75) is 240 Å². The van der Waals surface area contributed by atoms with Crippen LogP contribution < -0.4 is 20.5 Å². The number of allylic oxidation sites excluding steroid dienone is 2. The normalized spacial score (nSPS) is 14.6. The standard InChI is InChI=1S/C22H23F4NO3.C13H12F4O3.C12H11BrF4O.C11H12BrFO2.C9H13NO.2C9H12O4.C6H3BrFI.C6H8O4/c1-13(14-5-8-16(30-4)9-6-14)27-20(29)17-11-15(23)7-10-18(17)21(2,3)12-19(28)22(24,25)26;1-12(2,6-10(18)13(15,16)17)9-4-3-7(14)5-8(9)11(19)20;1-11(2,6-10(18)12(15,16)17)8-4-3-7(14)5-9(8)13;1-11(2,6-10(14)15)8-4-3-7(13)5-9(8)12;1-7(10)8-3-5-9(11-2)6-4-8;2*1-5(2)6-7(10)12-9(3,4)13-8(6)11;7-5-3-4(8)1-2-6(5)9;1-6(2)9-4(7)3-5(8)10-6/h5-11,13H,12H2,1-4H3,(H,27,29);3-5H,6H2,1-2H3,(H,19,20);3-5H,6H2,1-2H3;3-5H,6H2,1-2H3,(H,14,15);3-7H,10H2,1-2H3;2*1-4H3;1-3H;3H2,1-2H3/t13-;;;;7-;;;;/m0...0..../s1. The molecule has 5 N–H and O–H groups in total. The highest BCUT2D eigenvalue weighted by molar-refractivity contribution is 14.1. The Morgan fingerprint density at radius 3 is 0.964 bits per heavy atom. The average Bonchev–Trinajstić information content (AvgIpc) is 0.780. The number of halogens is 18. The fraction of sp³-hybridized carbons (Fsp3) is 0.402. The van der Waals surface area contributed by atoms with E-state index in [9.17, 15) is 119 Å². The third kappa shape index (κ3) is 41.8. The summed E-state index contributed by atoms with van der Waals surface area (Å²) < 4.78 is 218. The van der Waals surface area contributed by atoms with Crippen molar-refractivity contribution in [2.24, 2.45) is 5.73 Å². The number of carboxylic acid groups (broad SMARTS) is 2. The van der Waals surface area contributed by atoms with Gasteiger partial charge in [0.05, 0.1) is 32.2 Å². The molecule has 1 amide bonds. The van der Waals surface area contributed by atoms with E-state index in [1.165, 1.54) is 127 Å². The first-order chi connectivity index (χ1) is 63.3. The van der Waals surface area contributed by atoms with Crippen LogP contribution in [0.25, 0.3) is 0 Å². The van der Waals surface area contributed by atoms with Gasteiger partial charge in [0, 0.05) is 94.8 Å². The number of benzene rings is 7. The van der Waals surface area contributed by atoms with Crippen molar-refractivity contribution in [3.05, 3.63) is 252 Å². The summed E-state index contributed by atoms with van der Waals surface area (Å²) in [6.45, 7) is 31.5. The second-order valence-corrected chi connectivity index (χ2v) is 38.8. The molecule has 3 aliphatic heterocycles. The van der Waals surface area contributed by atoms with Crippen LogP contribution in [0.2, 0.25) is 0 Å². The van der Waals surface area contributed by atoms with Gasteiger partial charge in [-0.1, -0.05) is 147 Å². The number of cyclic esters (lactones) is 6. The van der Waals surface area contributed by atoms with Crippen molar-refractivity contribution >= 4 is 141 Å². The minimum Gasteiger partial charge on any atom is -0.497 e. The molecule has 139 heavy (non-hydrogen) atoms. The summed E-state index contributed by atoms with van der Waals surface area (Å²) in [4.78, 5) is 134. The molecule has 0 spiro atoms. The van der Waals surface area contributed by atoms with Crippen molar-refractivity contribution in [1.29, 1.82) is 0 Å². The number of methoxy groups -OCH3 is 2. The molecule has 7 aromatic rings. The fourth-order valence-corrected chi connectivity index (χ4v) is 14.9. The van der Waals surface area contributed by atoms with Crippen LogP contribution in [0, 0.1) is 32.7 Å². The van der Waals surface area contributed by atoms with Crippen molar-refractivity contribution in [3.8, 4) is 11.5 Å². The summed E-state index contributed by atoms with van der Waals surface area (Å²) >= 11 is 11.7. The summed E-state index contributed by atoms with van der Waals surface area (Å²) in [5.41, 5.74) is 5.31. The zero-order valence-corrected chi connectivity index (χ0v) is 86.3. The number of rotatable bonds is 19. The Hall–Kier alpha value is -11.0. The lowest BCUT2D eigenvalue weighted by Crippen LogP contribution is -2.42. The highest BCUT2D eigenvalue weighted by Crippen LogP contribution is 2.40. The van der Waals surface area contributed by atoms with Crippen LogP contribution in [0.4, 0.5) is 61.5 Å². The maximum Gasteiger partial charge on any atom is 0.450 e. The fourth-order valence-electron chi connectivity index (χ4n) is 12.4. The van der Waals surface area contributed by atoms with Gasteiger partial charge in [0.1, 0.15) is 58.2 Å². The van der Waals surface area contributed by atoms with E-state index < -0.39 is 177 Å². The quantitative estimate of drug-likeness (QED) is 0.00854. The number of ketones is 3. The van der Waals surface area contributed by atoms with E-state index in [0.717, 1.165) is 72.9 Å². The van der Waals surface area contributed by atoms with Crippen LogP contribution in [-0.4, -0.2) is 131 Å². The first kappa shape index (κ1) is 124. The summed E-state index contributed by atoms with van der Waals surface area (Å²) in [6, 6.07) is 33.0. The number of ether oxygens (including phenoxy) is 8. The Labute approximate surface area is 832 Å². The van der Waals surface area contributed by atoms with Gasteiger partial charge in [0.15, 0.2) is 0 Å². The van der Waals surface area contributed by atoms with E-state index in [0.29, 0.717) is 31.4 Å². The highest BCUT2D eigenvalue weighted by Gasteiger charge is 2.47. The molecule has 0 radical (unpaired) electrons. The molecule has 10 rings (SSSR count). The summed E-state index contributed by atoms with van der Waals surface area (Å²) in [6.07, 6.45) is -17.5. The molecule has 0 aromatic heterocycles. The van der Waals surface area contributed by atoms with Gasteiger partial charge >= 0.3 is 66.3 Å². The summed E-state index contributed by atoms with van der Waals surface area (Å²) in [5, 5.41) is 20.5. The number of carboxylic acids is 2. The number of carbonyl (C=O) groups excluding carboxylic acids is 10. The number of nitrogens with two attached hydrogens (primary N) is 1. The predicted octanol–water partition coefficient (Wildman–Crippen LogP) is 23.6. The molecular weight excluding hydrogens is 2180 g/mol. The molecule has 2 atom stereocenters. The molecule has 0 saturated carbocycles. The molecule has 24 nitrogen and oxygen atoms in total. The number of aliphatic carboxylic acids is 1. The highest BCUT2D eigenvalue weighted by atomic mass is 127. The van der Waals surface area contributed by atoms with Crippen LogP contribution in [0.3, 0.4) is 0 Å². The lowest BCUT2D eigenvalue weighted by Gasteiger charge is -2.30. The second kappa shape index (κ2) is 52.0.